The van der Waals surface area contributed by atoms with E-state index in [0.717, 1.165) is 13.2 Å². The largest absolute Gasteiger partial charge is 0.379 e. The zero-order chi connectivity index (χ0) is 5.11. The average Bonchev–Trinajstić information content (AvgIpc) is 1.69. The van der Waals surface area contributed by atoms with E-state index in [-0.39, 0.29) is 6.52 Å². The Morgan fingerprint density at radius 1 is 1.67 bits per heavy atom. The molecule has 0 spiro atoms. The van der Waals surface area contributed by atoms with Gasteiger partial charge >= 0.3 is 0 Å². The van der Waals surface area contributed by atoms with Gasteiger partial charge in [-0.05, 0) is 0 Å². The summed E-state index contributed by atoms with van der Waals surface area (Å²) in [5, 5.41) is 2.92. The third kappa shape index (κ3) is 0.954. The highest BCUT2D eigenvalue weighted by Crippen LogP contribution is 1.76. The summed E-state index contributed by atoms with van der Waals surface area (Å²) in [7, 11) is 0. The maximum atomic E-state index is 7.04. The topological polar surface area (TPSA) is 21.3 Å². The van der Waals surface area contributed by atoms with Crippen LogP contribution in [0.4, 0.5) is 0 Å². The maximum absolute atomic E-state index is 7.04. The summed E-state index contributed by atoms with van der Waals surface area (Å²) in [6.45, 7) is 1.94. The van der Waals surface area contributed by atoms with E-state index in [2.05, 4.69) is 5.32 Å². The Kier molecular flexibility index (Phi) is 1.08. The van der Waals surface area contributed by atoms with Gasteiger partial charge in [-0.25, -0.2) is 0 Å². The van der Waals surface area contributed by atoms with E-state index in [9.17, 15) is 0 Å². The summed E-state index contributed by atoms with van der Waals surface area (Å²) in [5.41, 5.74) is 0. The Bertz CT molecular complexity index is 53.7. The lowest BCUT2D eigenvalue weighted by molar-refractivity contribution is 0.109. The summed E-state index contributed by atoms with van der Waals surface area (Å²) < 4.78 is 12.0. The van der Waals surface area contributed by atoms with E-state index in [1.807, 2.05) is 0 Å². The zero-order valence-electron chi connectivity index (χ0n) is 4.61. The molecule has 0 aromatic heterocycles. The number of morpholine rings is 1. The fourth-order valence-corrected chi connectivity index (χ4v) is 0.434. The summed E-state index contributed by atoms with van der Waals surface area (Å²) in [5.74, 6) is 0. The molecule has 1 atom stereocenters. The van der Waals surface area contributed by atoms with Crippen molar-refractivity contribution in [3.05, 3.63) is 0 Å². The van der Waals surface area contributed by atoms with E-state index < -0.39 is 0 Å². The van der Waals surface area contributed by atoms with Crippen molar-refractivity contribution in [3.63, 3.8) is 0 Å². The second-order valence-corrected chi connectivity index (χ2v) is 1.23. The highest BCUT2D eigenvalue weighted by atomic mass is 16.5. The minimum atomic E-state index is -0.186. The standard InChI is InChI=1S/C4H9NO/c1-3-6-4-2-5-1/h5H,1-4H2/i1D. The van der Waals surface area contributed by atoms with E-state index in [4.69, 9.17) is 6.11 Å². The summed E-state index contributed by atoms with van der Waals surface area (Å²) in [4.78, 5) is 0. The third-order valence-electron chi connectivity index (χ3n) is 0.736. The van der Waals surface area contributed by atoms with Crippen LogP contribution in [0.2, 0.25) is 0 Å². The average molecular weight is 88.1 g/mol. The summed E-state index contributed by atoms with van der Waals surface area (Å²) in [6.07, 6.45) is 0. The molecule has 0 radical (unpaired) electrons. The van der Waals surface area contributed by atoms with Crippen molar-refractivity contribution in [2.45, 2.75) is 0 Å². The van der Waals surface area contributed by atoms with E-state index in [0.29, 0.717) is 6.61 Å². The Morgan fingerprint density at radius 2 is 2.67 bits per heavy atom. The van der Waals surface area contributed by atoms with Crippen molar-refractivity contribution in [2.24, 2.45) is 0 Å². The molecule has 6 heavy (non-hydrogen) atoms. The van der Waals surface area contributed by atoms with Crippen molar-refractivity contribution in [3.8, 4) is 0 Å². The van der Waals surface area contributed by atoms with Crippen molar-refractivity contribution in [1.82, 2.24) is 5.32 Å². The highest BCUT2D eigenvalue weighted by Gasteiger charge is 1.92. The molecule has 0 bridgehead atoms. The smallest absolute Gasteiger partial charge is 0.0591 e. The maximum Gasteiger partial charge on any atom is 0.0591 e. The van der Waals surface area contributed by atoms with Gasteiger partial charge in [0.1, 0.15) is 0 Å². The SMILES string of the molecule is [2H]C1COCCN1. The second-order valence-electron chi connectivity index (χ2n) is 1.23. The fraction of sp³-hybridized carbons (Fsp3) is 1.00. The highest BCUT2D eigenvalue weighted by molar-refractivity contribution is 4.49. The zero-order valence-corrected chi connectivity index (χ0v) is 3.61. The minimum Gasteiger partial charge on any atom is -0.379 e. The number of hydrogen-bond acceptors (Lipinski definition) is 2. The van der Waals surface area contributed by atoms with Crippen molar-refractivity contribution in [1.29, 1.82) is 0 Å². The van der Waals surface area contributed by atoms with Crippen molar-refractivity contribution < 1.29 is 6.11 Å². The normalized spacial score (nSPS) is 38.7. The first-order chi connectivity index (χ1) is 3.39. The number of rotatable bonds is 0. The van der Waals surface area contributed by atoms with Gasteiger partial charge in [0, 0.05) is 14.4 Å². The van der Waals surface area contributed by atoms with Gasteiger partial charge in [-0.2, -0.15) is 0 Å². The second kappa shape index (κ2) is 2.16. The predicted molar refractivity (Wildman–Crippen MR) is 23.7 cm³/mol. The van der Waals surface area contributed by atoms with Gasteiger partial charge in [0.25, 0.3) is 0 Å². The van der Waals surface area contributed by atoms with Gasteiger partial charge in [0.15, 0.2) is 0 Å². The Labute approximate surface area is 38.9 Å². The Morgan fingerprint density at radius 3 is 3.00 bits per heavy atom. The molecule has 0 aromatic rings. The molecule has 36 valence electrons. The number of ether oxygens (including phenoxy) is 1. The van der Waals surface area contributed by atoms with Gasteiger partial charge in [-0.3, -0.25) is 0 Å². The van der Waals surface area contributed by atoms with Gasteiger partial charge < -0.3 is 10.1 Å². The quantitative estimate of drug-likeness (QED) is 0.435. The Balaban J connectivity index is 2.12. The number of hydrogen-bond donors (Lipinski definition) is 1. The first-order valence-electron chi connectivity index (χ1n) is 2.71. The van der Waals surface area contributed by atoms with Crippen LogP contribution in [0.5, 0.6) is 0 Å². The summed E-state index contributed by atoms with van der Waals surface area (Å²) in [6, 6.07) is 0. The molecule has 1 heterocycles. The van der Waals surface area contributed by atoms with Crippen LogP contribution in [-0.4, -0.2) is 26.3 Å². The fourth-order valence-electron chi connectivity index (χ4n) is 0.434. The van der Waals surface area contributed by atoms with Gasteiger partial charge in [-0.1, -0.05) is 0 Å². The van der Waals surface area contributed by atoms with Crippen LogP contribution >= 0.6 is 0 Å². The van der Waals surface area contributed by atoms with Gasteiger partial charge in [0.05, 0.1) is 13.2 Å². The Hall–Kier alpha value is -0.0800. The molecule has 1 saturated heterocycles. The van der Waals surface area contributed by atoms with Crippen LogP contribution in [-0.2, 0) is 4.74 Å². The molecule has 0 aliphatic carbocycles. The molecule has 0 amide bonds. The molecule has 2 nitrogen and oxygen atoms in total. The molecule has 1 aliphatic rings. The molecule has 1 fully saturated rings. The van der Waals surface area contributed by atoms with Gasteiger partial charge in [-0.15, -0.1) is 0 Å². The molecule has 0 saturated carbocycles. The van der Waals surface area contributed by atoms with E-state index in [1.54, 1.807) is 0 Å². The molecule has 1 rings (SSSR count). The first-order valence-corrected chi connectivity index (χ1v) is 2.13. The molecule has 1 unspecified atom stereocenters. The van der Waals surface area contributed by atoms with Gasteiger partial charge in [0.2, 0.25) is 0 Å². The molecular formula is C4H9NO. The third-order valence-corrected chi connectivity index (χ3v) is 0.736. The molecule has 1 N–H and O–H groups in total. The lowest BCUT2D eigenvalue weighted by Crippen LogP contribution is -2.30. The van der Waals surface area contributed by atoms with Crippen LogP contribution in [0.1, 0.15) is 1.37 Å². The summed E-state index contributed by atoms with van der Waals surface area (Å²) >= 11 is 0. The lowest BCUT2D eigenvalue weighted by atomic mass is 10.5. The van der Waals surface area contributed by atoms with Crippen LogP contribution in [0, 0.1) is 0 Å². The first kappa shape index (κ1) is 2.99. The molecule has 2 heteroatoms. The lowest BCUT2D eigenvalue weighted by Gasteiger charge is -2.10. The van der Waals surface area contributed by atoms with Crippen LogP contribution in [0.3, 0.4) is 0 Å². The van der Waals surface area contributed by atoms with E-state index >= 15 is 0 Å². The molecule has 0 aromatic carbocycles. The molecule has 1 aliphatic heterocycles. The van der Waals surface area contributed by atoms with Crippen LogP contribution < -0.4 is 5.32 Å². The monoisotopic (exact) mass is 88.1 g/mol. The van der Waals surface area contributed by atoms with Crippen molar-refractivity contribution >= 4 is 0 Å². The van der Waals surface area contributed by atoms with Crippen LogP contribution in [0.25, 0.3) is 0 Å². The van der Waals surface area contributed by atoms with E-state index in [1.165, 1.54) is 0 Å². The van der Waals surface area contributed by atoms with Crippen LogP contribution in [0.15, 0.2) is 0 Å². The number of nitrogens with one attached hydrogen (secondary N) is 1. The predicted octanol–water partition coefficient (Wildman–Crippen LogP) is -0.394. The molecular weight excluding hydrogens is 78.0 g/mol. The minimum absolute atomic E-state index is 0.186. The van der Waals surface area contributed by atoms with Crippen molar-refractivity contribution in [2.75, 3.05) is 26.3 Å².